The minimum Gasteiger partial charge on any atom is -0.496 e. The molecule has 346 valence electrons. The Labute approximate surface area is 384 Å². The first-order valence-electron chi connectivity index (χ1n) is 22.4. The predicted octanol–water partition coefficient (Wildman–Crippen LogP) is 9.21. The van der Waals surface area contributed by atoms with E-state index in [1.54, 1.807) is 60.5 Å². The van der Waals surface area contributed by atoms with Crippen molar-refractivity contribution in [1.29, 1.82) is 0 Å². The van der Waals surface area contributed by atoms with Crippen molar-refractivity contribution in [2.45, 2.75) is 69.3 Å². The van der Waals surface area contributed by atoms with E-state index in [9.17, 15) is 29.9 Å². The molecule has 0 radical (unpaired) electrons. The highest BCUT2D eigenvalue weighted by Gasteiger charge is 2.65. The van der Waals surface area contributed by atoms with Crippen molar-refractivity contribution in [2.24, 2.45) is 22.9 Å². The summed E-state index contributed by atoms with van der Waals surface area (Å²) in [7, 11) is 3.20. The molecule has 2 N–H and O–H groups in total. The zero-order valence-electron chi connectivity index (χ0n) is 37.3. The molecule has 0 spiro atoms. The van der Waals surface area contributed by atoms with Crippen molar-refractivity contribution in [1.82, 2.24) is 4.90 Å². The third-order valence-electron chi connectivity index (χ3n) is 12.8. The number of aldehydes is 1. The van der Waals surface area contributed by atoms with Gasteiger partial charge in [0.05, 0.1) is 35.8 Å². The van der Waals surface area contributed by atoms with Crippen molar-refractivity contribution < 1.29 is 48.5 Å². The number of carbonyl (C=O) groups is 2. The first-order chi connectivity index (χ1) is 32.1. The van der Waals surface area contributed by atoms with Gasteiger partial charge in [-0.25, -0.2) is 0 Å². The maximum Gasteiger partial charge on any atom is 0.269 e. The predicted molar refractivity (Wildman–Crippen MR) is 250 cm³/mol. The molecule has 6 atom stereocenters. The van der Waals surface area contributed by atoms with Gasteiger partial charge in [0.15, 0.2) is 6.29 Å². The summed E-state index contributed by atoms with van der Waals surface area (Å²) in [5.41, 5.74) is 4.21. The number of nitro benzene ring substituents is 1. The second-order valence-electron chi connectivity index (χ2n) is 16.8. The summed E-state index contributed by atoms with van der Waals surface area (Å²) in [6.07, 6.45) is 12.2. The highest BCUT2D eigenvalue weighted by Crippen LogP contribution is 2.62. The average Bonchev–Trinajstić information content (AvgIpc) is 3.34. The highest BCUT2D eigenvalue weighted by atomic mass is 16.7. The molecular weight excluding hydrogens is 843 g/mol. The summed E-state index contributed by atoms with van der Waals surface area (Å²) in [6, 6.07) is 25.6. The molecule has 66 heavy (non-hydrogen) atoms. The van der Waals surface area contributed by atoms with E-state index < -0.39 is 22.7 Å². The molecule has 1 fully saturated rings. The maximum atomic E-state index is 14.4. The van der Waals surface area contributed by atoms with Gasteiger partial charge < -0.3 is 38.9 Å². The monoisotopic (exact) mass is 899 g/mol. The molecular formula is C52H57N3O11. The fraction of sp³-hybridized carbons (Fsp3) is 0.365. The van der Waals surface area contributed by atoms with Crippen LogP contribution in [-0.4, -0.2) is 83.7 Å². The molecule has 7 rings (SSSR count). The largest absolute Gasteiger partial charge is 0.496 e. The van der Waals surface area contributed by atoms with Gasteiger partial charge in [-0.15, -0.1) is 6.58 Å². The van der Waals surface area contributed by atoms with Gasteiger partial charge in [0.2, 0.25) is 11.7 Å². The number of non-ortho nitro benzene ring substituents is 1. The van der Waals surface area contributed by atoms with E-state index in [0.717, 1.165) is 42.4 Å². The molecule has 0 aromatic heterocycles. The van der Waals surface area contributed by atoms with Gasteiger partial charge in [-0.3, -0.25) is 19.7 Å². The Kier molecular flexibility index (Phi) is 15.8. The van der Waals surface area contributed by atoms with Crippen molar-refractivity contribution in [3.8, 4) is 23.0 Å². The van der Waals surface area contributed by atoms with E-state index in [2.05, 4.69) is 12.7 Å². The molecule has 0 bridgehead atoms. The minimum absolute atomic E-state index is 0.00993. The van der Waals surface area contributed by atoms with E-state index in [1.807, 2.05) is 42.5 Å². The van der Waals surface area contributed by atoms with Crippen LogP contribution in [0.2, 0.25) is 0 Å². The van der Waals surface area contributed by atoms with Crippen LogP contribution < -0.4 is 14.2 Å². The first kappa shape index (κ1) is 47.4. The van der Waals surface area contributed by atoms with E-state index >= 15 is 0 Å². The molecule has 3 aliphatic rings. The first-order valence-corrected chi connectivity index (χ1v) is 22.4. The lowest BCUT2D eigenvalue weighted by Crippen LogP contribution is -2.69. The summed E-state index contributed by atoms with van der Waals surface area (Å²) < 4.78 is 26.1. The summed E-state index contributed by atoms with van der Waals surface area (Å²) >= 11 is 0. The van der Waals surface area contributed by atoms with Gasteiger partial charge in [-0.2, -0.15) is 0 Å². The van der Waals surface area contributed by atoms with Crippen LogP contribution >= 0.6 is 0 Å². The van der Waals surface area contributed by atoms with Crippen molar-refractivity contribution in [3.05, 3.63) is 154 Å². The van der Waals surface area contributed by atoms with Crippen LogP contribution in [0, 0.1) is 27.9 Å². The number of carbonyl (C=O) groups excluding carboxylic acids is 2. The van der Waals surface area contributed by atoms with Crippen LogP contribution in [0.4, 0.5) is 5.69 Å². The van der Waals surface area contributed by atoms with Crippen LogP contribution in [0.15, 0.2) is 127 Å². The summed E-state index contributed by atoms with van der Waals surface area (Å²) in [4.78, 5) is 45.0. The Hall–Kier alpha value is -6.61. The van der Waals surface area contributed by atoms with Crippen molar-refractivity contribution in [2.75, 3.05) is 34.0 Å². The Balaban J connectivity index is 1.39. The minimum atomic E-state index is -1.48. The number of ether oxygens (including phenoxy) is 4. The molecule has 2 aliphatic carbocycles. The number of methoxy groups -OCH3 is 1. The molecule has 14 nitrogen and oxygen atoms in total. The van der Waals surface area contributed by atoms with E-state index in [1.165, 1.54) is 25.3 Å². The summed E-state index contributed by atoms with van der Waals surface area (Å²) in [5.74, 6) is -0.792. The molecule has 4 aromatic rings. The third-order valence-corrected chi connectivity index (χ3v) is 12.8. The number of hydrogen-bond donors (Lipinski definition) is 2. The van der Waals surface area contributed by atoms with E-state index in [0.29, 0.717) is 59.0 Å². The molecule has 1 heterocycles. The van der Waals surface area contributed by atoms with Gasteiger partial charge in [0, 0.05) is 56.4 Å². The van der Waals surface area contributed by atoms with Gasteiger partial charge in [-0.1, -0.05) is 60.5 Å². The summed E-state index contributed by atoms with van der Waals surface area (Å²) in [6.45, 7) is 4.41. The van der Waals surface area contributed by atoms with E-state index in [4.69, 9.17) is 28.9 Å². The van der Waals surface area contributed by atoms with Crippen LogP contribution in [0.25, 0.3) is 6.08 Å². The second kappa shape index (κ2) is 22.1. The average molecular weight is 900 g/mol. The molecule has 1 amide bonds. The molecule has 4 aromatic carbocycles. The Morgan fingerprint density at radius 1 is 0.985 bits per heavy atom. The number of benzene rings is 4. The lowest BCUT2D eigenvalue weighted by molar-refractivity contribution is -0.384. The lowest BCUT2D eigenvalue weighted by atomic mass is 9.55. The summed E-state index contributed by atoms with van der Waals surface area (Å²) in [5, 5.41) is 36.1. The molecule has 0 unspecified atom stereocenters. The number of nitro groups is 1. The molecule has 14 heteroatoms. The molecule has 1 aliphatic heterocycles. The molecule has 0 saturated heterocycles. The zero-order valence-corrected chi connectivity index (χ0v) is 37.3. The van der Waals surface area contributed by atoms with Gasteiger partial charge in [0.25, 0.3) is 5.69 Å². The lowest BCUT2D eigenvalue weighted by Gasteiger charge is -2.59. The normalized spacial score (nSPS) is 22.3. The number of amides is 1. The van der Waals surface area contributed by atoms with Gasteiger partial charge in [-0.05, 0) is 109 Å². The zero-order chi connectivity index (χ0) is 46.6. The van der Waals surface area contributed by atoms with Crippen LogP contribution in [0.1, 0.15) is 77.9 Å². The van der Waals surface area contributed by atoms with E-state index in [-0.39, 0.29) is 62.2 Å². The van der Waals surface area contributed by atoms with Crippen molar-refractivity contribution in [3.63, 3.8) is 0 Å². The molecule has 1 saturated carbocycles. The van der Waals surface area contributed by atoms with Gasteiger partial charge >= 0.3 is 0 Å². The number of likely N-dealkylation sites (N-methyl/N-ethyl adjacent to an activating group) is 1. The third kappa shape index (κ3) is 10.4. The Morgan fingerprint density at radius 3 is 2.41 bits per heavy atom. The number of aliphatic hydroxyl groups is 2. The Morgan fingerprint density at radius 2 is 1.71 bits per heavy atom. The highest BCUT2D eigenvalue weighted by molar-refractivity contribution is 6.03. The number of unbranched alkanes of at least 4 members (excludes halogenated alkanes) is 2. The number of oxime groups is 1. The van der Waals surface area contributed by atoms with Gasteiger partial charge in [0.1, 0.15) is 35.6 Å². The topological polar surface area (TPSA) is 179 Å². The van der Waals surface area contributed by atoms with Crippen LogP contribution in [-0.2, 0) is 21.0 Å². The fourth-order valence-corrected chi connectivity index (χ4v) is 9.70. The maximum absolute atomic E-state index is 14.4. The number of allylic oxidation sites excluding steroid dienone is 1. The number of nitrogens with zero attached hydrogens (tertiary/aromatic N) is 3. The SMILES string of the molecule is C=CCO[C@@]12Oc3ccc(Oc4ccc(OC)c(C=O)c4)cc3[C@H]3[C@H](CCCCO)[C@@H](CCCCO)C=C(C(=NOCc4ccccc4)C[C@@H]1N(C)C(=O)C=Cc1ccc([N+](=O)[O-])cc1)[C@H]32. The number of hydrogen-bond acceptors (Lipinski definition) is 12. The Bertz CT molecular complexity index is 2440. The number of aliphatic hydroxyl groups excluding tert-OH is 2. The quantitative estimate of drug-likeness (QED) is 0.0192. The number of fused-ring (bicyclic) bond motifs is 2. The number of rotatable bonds is 22. The second-order valence-corrected chi connectivity index (χ2v) is 16.8. The van der Waals surface area contributed by atoms with Crippen LogP contribution in [0.5, 0.6) is 23.0 Å². The smallest absolute Gasteiger partial charge is 0.269 e. The fourth-order valence-electron chi connectivity index (χ4n) is 9.70. The standard InChI is InChI=1S/C52H57N3O11/c1-4-28-63-52-48(54(2)49(59)25-18-35-16-19-39(20-17-35)55(60)61)32-45(53-64-34-36-12-6-5-7-13-36)43-30-37(14-8-10-26-56)42(15-9-11-27-57)50(51(43)52)44-31-41(22-24-47(44)66-52)65-40-21-23-46(62-3)38(29-40)33-58/h4-7,12-13,16-25,29-31,33,37,42,48,50-51,56-57H,1,8-11,14-15,26-28,32,34H2,2-3H3/t37-,42+,48-,50+,51+,52+/m0/s1. The van der Waals surface area contributed by atoms with Crippen molar-refractivity contribution >= 4 is 29.7 Å². The van der Waals surface area contributed by atoms with Crippen LogP contribution in [0.3, 0.4) is 0 Å².